The molecule has 0 bridgehead atoms. The third kappa shape index (κ3) is 10.4. The minimum absolute atomic E-state index is 0.0394. The number of benzene rings is 8. The Morgan fingerprint density at radius 2 is 0.576 bits per heavy atom. The molecule has 59 heavy (non-hydrogen) atoms. The fourth-order valence-corrected chi connectivity index (χ4v) is 6.98. The number of para-hydroxylation sites is 1. The first-order chi connectivity index (χ1) is 28.8. The van der Waals surface area contributed by atoms with Gasteiger partial charge in [0, 0.05) is 29.4 Å². The molecule has 0 fully saturated rings. The van der Waals surface area contributed by atoms with Gasteiger partial charge >= 0.3 is 0 Å². The van der Waals surface area contributed by atoms with Crippen LogP contribution in [0.1, 0.15) is 31.8 Å². The van der Waals surface area contributed by atoms with Crippen molar-refractivity contribution in [2.24, 2.45) is 0 Å². The highest BCUT2D eigenvalue weighted by atomic mass is 127. The van der Waals surface area contributed by atoms with E-state index in [0.717, 1.165) is 18.6 Å². The van der Waals surface area contributed by atoms with E-state index in [1.54, 1.807) is 72.8 Å². The second-order valence-corrected chi connectivity index (χ2v) is 15.5. The van der Waals surface area contributed by atoms with E-state index in [9.17, 15) is 9.59 Å². The zero-order chi connectivity index (χ0) is 40.6. The van der Waals surface area contributed by atoms with Crippen molar-refractivity contribution in [1.82, 2.24) is 0 Å². The number of rotatable bonds is 14. The van der Waals surface area contributed by atoms with Gasteiger partial charge in [-0.05, 0) is 221 Å². The lowest BCUT2D eigenvalue weighted by atomic mass is 10.0. The average Bonchev–Trinajstić information content (AvgIpc) is 3.27. The second-order valence-electron chi connectivity index (χ2n) is 13.1. The lowest BCUT2D eigenvalue weighted by Gasteiger charge is -2.10. The van der Waals surface area contributed by atoms with Gasteiger partial charge in [-0.2, -0.15) is 0 Å². The molecule has 0 aliphatic rings. The first kappa shape index (κ1) is 39.4. The number of carbonyl (C=O) groups is 2. The maximum absolute atomic E-state index is 13.3. The zero-order valence-corrected chi connectivity index (χ0v) is 35.4. The topological polar surface area (TPSA) is 80.3 Å². The molecule has 0 N–H and O–H groups in total. The Kier molecular flexibility index (Phi) is 12.3. The van der Waals surface area contributed by atoms with Gasteiger partial charge in [0.05, 0.1) is 0 Å². The van der Waals surface area contributed by atoms with Gasteiger partial charge in [-0.15, -0.1) is 0 Å². The summed E-state index contributed by atoms with van der Waals surface area (Å²) in [7, 11) is 0. The van der Waals surface area contributed by atoms with Crippen molar-refractivity contribution < 1.29 is 33.3 Å². The van der Waals surface area contributed by atoms with Crippen molar-refractivity contribution in [1.29, 1.82) is 0 Å². The first-order valence-corrected chi connectivity index (χ1v) is 20.6. The van der Waals surface area contributed by atoms with Crippen LogP contribution in [0.25, 0.3) is 0 Å². The summed E-state index contributed by atoms with van der Waals surface area (Å²) >= 11 is 4.38. The summed E-state index contributed by atoms with van der Waals surface area (Å²) in [6.45, 7) is 0. The quantitative estimate of drug-likeness (QED) is 0.0793. The number of carbonyl (C=O) groups excluding carboxylic acids is 2. The maximum Gasteiger partial charge on any atom is 0.194 e. The average molecular weight is 999 g/mol. The van der Waals surface area contributed by atoms with E-state index in [2.05, 4.69) is 45.2 Å². The molecule has 8 aromatic rings. The molecule has 0 saturated heterocycles. The normalized spacial score (nSPS) is 10.7. The molecule has 8 rings (SSSR count). The van der Waals surface area contributed by atoms with Crippen molar-refractivity contribution in [2.45, 2.75) is 0 Å². The van der Waals surface area contributed by atoms with E-state index in [1.807, 2.05) is 121 Å². The van der Waals surface area contributed by atoms with Crippen LogP contribution in [0.5, 0.6) is 57.5 Å². The Morgan fingerprint density at radius 3 is 0.898 bits per heavy atom. The van der Waals surface area contributed by atoms with Gasteiger partial charge in [0.25, 0.3) is 0 Å². The van der Waals surface area contributed by atoms with E-state index < -0.39 is 0 Å². The summed E-state index contributed by atoms with van der Waals surface area (Å²) in [5.74, 6) is 6.39. The molecule has 0 atom stereocenters. The summed E-state index contributed by atoms with van der Waals surface area (Å²) in [5, 5.41) is 0. The van der Waals surface area contributed by atoms with Crippen LogP contribution in [0.3, 0.4) is 0 Å². The van der Waals surface area contributed by atoms with Crippen LogP contribution in [-0.4, -0.2) is 11.6 Å². The largest absolute Gasteiger partial charge is 0.457 e. The van der Waals surface area contributed by atoms with Gasteiger partial charge in [0.2, 0.25) is 0 Å². The van der Waals surface area contributed by atoms with E-state index in [-0.39, 0.29) is 11.6 Å². The predicted octanol–water partition coefficient (Wildman–Crippen LogP) is 14.3. The van der Waals surface area contributed by atoms with Crippen LogP contribution >= 0.6 is 45.2 Å². The van der Waals surface area contributed by atoms with Crippen LogP contribution in [0.2, 0.25) is 0 Å². The van der Waals surface area contributed by atoms with Crippen LogP contribution in [-0.2, 0) is 0 Å². The lowest BCUT2D eigenvalue weighted by molar-refractivity contribution is 0.103. The number of hydrogen-bond acceptors (Lipinski definition) is 7. The number of ether oxygens (including phenoxy) is 5. The van der Waals surface area contributed by atoms with Crippen LogP contribution in [0.4, 0.5) is 0 Å². The van der Waals surface area contributed by atoms with Crippen molar-refractivity contribution in [3.63, 3.8) is 0 Å². The third-order valence-electron chi connectivity index (χ3n) is 8.92. The highest BCUT2D eigenvalue weighted by Crippen LogP contribution is 2.31. The van der Waals surface area contributed by atoms with Crippen LogP contribution in [0, 0.1) is 7.14 Å². The van der Waals surface area contributed by atoms with Gasteiger partial charge in [-0.25, -0.2) is 0 Å². The number of ketones is 2. The fourth-order valence-electron chi connectivity index (χ4n) is 5.91. The molecule has 0 amide bonds. The van der Waals surface area contributed by atoms with Crippen LogP contribution < -0.4 is 23.7 Å². The first-order valence-electron chi connectivity index (χ1n) is 18.4. The smallest absolute Gasteiger partial charge is 0.194 e. The van der Waals surface area contributed by atoms with E-state index in [0.29, 0.717) is 68.2 Å². The Morgan fingerprint density at radius 1 is 0.305 bits per heavy atom. The Balaban J connectivity index is 0.802. The van der Waals surface area contributed by atoms with Crippen molar-refractivity contribution >= 4 is 56.7 Å². The Hall–Kier alpha value is -6.44. The lowest BCUT2D eigenvalue weighted by Crippen LogP contribution is -2.04. The minimum Gasteiger partial charge on any atom is -0.457 e. The maximum atomic E-state index is 13.3. The molecule has 288 valence electrons. The highest BCUT2D eigenvalue weighted by Gasteiger charge is 2.14. The molecule has 0 aromatic heterocycles. The van der Waals surface area contributed by atoms with Gasteiger partial charge in [0.1, 0.15) is 57.5 Å². The molecule has 9 heteroatoms. The van der Waals surface area contributed by atoms with Gasteiger partial charge in [0.15, 0.2) is 11.6 Å². The Labute approximate surface area is 368 Å². The molecule has 0 heterocycles. The molecular formula is C50H32I2O7. The van der Waals surface area contributed by atoms with E-state index in [1.165, 1.54) is 0 Å². The minimum atomic E-state index is -0.124. The van der Waals surface area contributed by atoms with Gasteiger partial charge < -0.3 is 23.7 Å². The molecule has 0 spiro atoms. The van der Waals surface area contributed by atoms with Crippen molar-refractivity contribution in [3.05, 3.63) is 224 Å². The van der Waals surface area contributed by atoms with Crippen LogP contribution in [0.15, 0.2) is 194 Å². The molecule has 0 aliphatic carbocycles. The Bertz CT molecular complexity index is 2680. The fraction of sp³-hybridized carbons (Fsp3) is 0. The zero-order valence-electron chi connectivity index (χ0n) is 31.1. The summed E-state index contributed by atoms with van der Waals surface area (Å²) in [6.07, 6.45) is 0. The monoisotopic (exact) mass is 998 g/mol. The molecule has 0 unspecified atom stereocenters. The van der Waals surface area contributed by atoms with Crippen molar-refractivity contribution in [2.75, 3.05) is 0 Å². The molecule has 0 saturated carbocycles. The van der Waals surface area contributed by atoms with Gasteiger partial charge in [-0.3, -0.25) is 9.59 Å². The van der Waals surface area contributed by atoms with E-state index >= 15 is 0 Å². The molecule has 7 nitrogen and oxygen atoms in total. The molecule has 8 aromatic carbocycles. The number of hydrogen-bond donors (Lipinski definition) is 0. The van der Waals surface area contributed by atoms with E-state index in [4.69, 9.17) is 23.7 Å². The highest BCUT2D eigenvalue weighted by molar-refractivity contribution is 14.1. The summed E-state index contributed by atoms with van der Waals surface area (Å²) < 4.78 is 31.8. The number of halogens is 2. The second kappa shape index (κ2) is 18.4. The third-order valence-corrected chi connectivity index (χ3v) is 10.5. The summed E-state index contributed by atoms with van der Waals surface area (Å²) in [4.78, 5) is 26.3. The van der Waals surface area contributed by atoms with Crippen molar-refractivity contribution in [3.8, 4) is 57.5 Å². The predicted molar refractivity (Wildman–Crippen MR) is 244 cm³/mol. The molecular weight excluding hydrogens is 966 g/mol. The standard InChI is InChI=1S/C50H32I2O7/c51-36-12-31-48(52)47(32-36)50(54)35-10-17-40(18-11-35)56-38-13-6-33(7-14-38)49(53)34-8-15-39(16-9-34)57-42-23-25-44(26-24-42)59-46-29-27-45(28-30-46)58-43-21-19-41(20-22-43)55-37-4-2-1-3-5-37/h1-32H. The molecule has 0 aliphatic heterocycles. The molecule has 0 radical (unpaired) electrons. The van der Waals surface area contributed by atoms with Gasteiger partial charge in [-0.1, -0.05) is 18.2 Å². The SMILES string of the molecule is O=C(c1ccc(Oc2ccc(Oc3ccc(Oc4ccc(Oc5ccccc5)cc4)cc3)cc2)cc1)c1ccc(Oc2ccc(C(=O)c3cc(I)ccc3I)cc2)cc1. The summed E-state index contributed by atoms with van der Waals surface area (Å²) in [6, 6.07) is 58.6. The summed E-state index contributed by atoms with van der Waals surface area (Å²) in [5.41, 5.74) is 2.31.